The molecule has 0 aromatic heterocycles. The highest BCUT2D eigenvalue weighted by Crippen LogP contribution is 2.17. The summed E-state index contributed by atoms with van der Waals surface area (Å²) in [5.41, 5.74) is 10.7. The van der Waals surface area contributed by atoms with Crippen LogP contribution >= 0.6 is 0 Å². The summed E-state index contributed by atoms with van der Waals surface area (Å²) < 4.78 is 17.5. The average molecular weight is 690 g/mol. The molecule has 18 nitrogen and oxygen atoms in total. The summed E-state index contributed by atoms with van der Waals surface area (Å²) in [6.07, 6.45) is 3.14. The van der Waals surface area contributed by atoms with Crippen LogP contribution < -0.4 is 48.7 Å². The van der Waals surface area contributed by atoms with Crippen molar-refractivity contribution in [2.24, 2.45) is 11.5 Å². The van der Waals surface area contributed by atoms with Gasteiger partial charge in [-0.25, -0.2) is 4.79 Å². The van der Waals surface area contributed by atoms with Gasteiger partial charge < -0.3 is 62.0 Å². The first-order valence-electron chi connectivity index (χ1n) is 16.3. The number of hydrogen-bond donors (Lipinski definition) is 11. The molecule has 47 heavy (non-hydrogen) atoms. The van der Waals surface area contributed by atoms with Crippen LogP contribution in [0.25, 0.3) is 0 Å². The SMILES string of the molecule is CCO[Si](CCCNC(=O)NCCCCC(=O)N[C@@H](CCCNC(=N)NC)C(=O)N[C@@H](CCCNC(=N)N)C(N)=O)(OCC)OCC. The van der Waals surface area contributed by atoms with Crippen LogP contribution in [0.3, 0.4) is 0 Å². The normalized spacial score (nSPS) is 12.3. The first-order chi connectivity index (χ1) is 22.4. The van der Waals surface area contributed by atoms with E-state index in [0.29, 0.717) is 84.1 Å². The van der Waals surface area contributed by atoms with Gasteiger partial charge in [-0.2, -0.15) is 0 Å². The maximum Gasteiger partial charge on any atom is 0.500 e. The number of unbranched alkanes of at least 4 members (excludes halogenated alkanes) is 1. The van der Waals surface area contributed by atoms with Crippen LogP contribution in [-0.2, 0) is 27.7 Å². The summed E-state index contributed by atoms with van der Waals surface area (Å²) in [7, 11) is -1.15. The lowest BCUT2D eigenvalue weighted by atomic mass is 10.1. The lowest BCUT2D eigenvalue weighted by Gasteiger charge is -2.28. The lowest BCUT2D eigenvalue weighted by Crippen LogP contribution is -2.53. The molecule has 5 amide bonds. The zero-order valence-corrected chi connectivity index (χ0v) is 29.5. The second-order valence-electron chi connectivity index (χ2n) is 10.5. The molecule has 0 bridgehead atoms. The van der Waals surface area contributed by atoms with Crippen LogP contribution in [-0.4, -0.2) is 110 Å². The Labute approximate surface area is 279 Å². The minimum absolute atomic E-state index is 0.124. The van der Waals surface area contributed by atoms with Crippen molar-refractivity contribution in [3.05, 3.63) is 0 Å². The molecule has 0 saturated carbocycles. The molecule has 0 aliphatic rings. The van der Waals surface area contributed by atoms with E-state index in [1.165, 1.54) is 0 Å². The summed E-state index contributed by atoms with van der Waals surface area (Å²) >= 11 is 0. The Morgan fingerprint density at radius 2 is 1.23 bits per heavy atom. The molecule has 19 heteroatoms. The third-order valence-corrected chi connectivity index (χ3v) is 9.82. The van der Waals surface area contributed by atoms with Crippen LogP contribution in [0.2, 0.25) is 6.04 Å². The van der Waals surface area contributed by atoms with E-state index in [1.807, 2.05) is 20.8 Å². The van der Waals surface area contributed by atoms with E-state index in [2.05, 4.69) is 37.2 Å². The van der Waals surface area contributed by atoms with Crippen molar-refractivity contribution in [1.29, 1.82) is 10.8 Å². The Morgan fingerprint density at radius 1 is 0.702 bits per heavy atom. The zero-order valence-electron chi connectivity index (χ0n) is 28.5. The number of hydrogen-bond acceptors (Lipinski definition) is 9. The van der Waals surface area contributed by atoms with E-state index in [1.54, 1.807) is 7.05 Å². The van der Waals surface area contributed by atoms with E-state index < -0.39 is 32.7 Å². The molecule has 2 atom stereocenters. The fourth-order valence-corrected chi connectivity index (χ4v) is 7.03. The van der Waals surface area contributed by atoms with Gasteiger partial charge in [0, 0.05) is 65.5 Å². The van der Waals surface area contributed by atoms with Crippen molar-refractivity contribution in [3.63, 3.8) is 0 Å². The molecular weight excluding hydrogens is 630 g/mol. The number of carbonyl (C=O) groups excluding carboxylic acids is 4. The standard InChI is InChI=1S/C28H59N11O7Si/c1-5-44-47(45-6-2,46-7-3)20-12-19-37-28(43)36-16-9-8-15-23(40)38-22(14-11-18-35-27(32)33-4)25(42)39-21(24(29)41)13-10-17-34-26(30)31/h21-22H,5-20H2,1-4H3,(H2,29,41)(H,38,40)(H,39,42)(H4,30,31,34)(H3,32,33,35)(H2,36,37,43)/t21-,22-/m0/s1. The molecule has 13 N–H and O–H groups in total. The Morgan fingerprint density at radius 3 is 1.77 bits per heavy atom. The molecule has 0 fully saturated rings. The van der Waals surface area contributed by atoms with Crippen LogP contribution in [0, 0.1) is 10.8 Å². The largest absolute Gasteiger partial charge is 0.500 e. The Hall–Kier alpha value is -3.68. The summed E-state index contributed by atoms with van der Waals surface area (Å²) in [6, 6.07) is -1.62. The summed E-state index contributed by atoms with van der Waals surface area (Å²) in [6.45, 7) is 8.66. The monoisotopic (exact) mass is 689 g/mol. The van der Waals surface area contributed by atoms with Gasteiger partial charge in [0.15, 0.2) is 11.9 Å². The predicted molar refractivity (Wildman–Crippen MR) is 182 cm³/mol. The van der Waals surface area contributed by atoms with Gasteiger partial charge in [-0.3, -0.25) is 25.2 Å². The molecule has 0 rings (SSSR count). The third kappa shape index (κ3) is 21.7. The summed E-state index contributed by atoms with van der Waals surface area (Å²) in [4.78, 5) is 50.0. The highest BCUT2D eigenvalue weighted by Gasteiger charge is 2.39. The lowest BCUT2D eigenvalue weighted by molar-refractivity contribution is -0.131. The molecule has 0 spiro atoms. The van der Waals surface area contributed by atoms with Crippen LogP contribution in [0.4, 0.5) is 4.79 Å². The van der Waals surface area contributed by atoms with Gasteiger partial charge in [-0.1, -0.05) is 0 Å². The van der Waals surface area contributed by atoms with E-state index in [-0.39, 0.29) is 43.1 Å². The molecule has 0 saturated heterocycles. The first kappa shape index (κ1) is 43.3. The van der Waals surface area contributed by atoms with Gasteiger partial charge in [0.1, 0.15) is 12.1 Å². The van der Waals surface area contributed by atoms with Gasteiger partial charge >= 0.3 is 14.8 Å². The smallest absolute Gasteiger partial charge is 0.374 e. The minimum Gasteiger partial charge on any atom is -0.374 e. The molecular formula is C28H59N11O7Si. The first-order valence-corrected chi connectivity index (χ1v) is 18.3. The van der Waals surface area contributed by atoms with Crippen molar-refractivity contribution in [2.45, 2.75) is 90.3 Å². The molecule has 0 radical (unpaired) electrons. The Bertz CT molecular complexity index is 945. The number of amides is 5. The molecule has 0 heterocycles. The molecule has 0 unspecified atom stereocenters. The quantitative estimate of drug-likeness (QED) is 0.0218. The highest BCUT2D eigenvalue weighted by molar-refractivity contribution is 6.60. The number of primary amides is 1. The molecule has 272 valence electrons. The Balaban J connectivity index is 4.74. The van der Waals surface area contributed by atoms with Crippen LogP contribution in [0.5, 0.6) is 0 Å². The predicted octanol–water partition coefficient (Wildman–Crippen LogP) is -0.863. The number of urea groups is 1. The van der Waals surface area contributed by atoms with E-state index in [0.717, 1.165) is 0 Å². The molecule has 0 aromatic rings. The topological polar surface area (TPSA) is 280 Å². The van der Waals surface area contributed by atoms with Crippen LogP contribution in [0.15, 0.2) is 0 Å². The second-order valence-corrected chi connectivity index (χ2v) is 13.2. The Kier molecular flexibility index (Phi) is 24.3. The number of carbonyl (C=O) groups is 4. The van der Waals surface area contributed by atoms with Crippen molar-refractivity contribution in [2.75, 3.05) is 53.0 Å². The number of nitrogens with two attached hydrogens (primary N) is 2. The molecule has 0 aliphatic heterocycles. The van der Waals surface area contributed by atoms with Crippen LogP contribution in [0.1, 0.15) is 72.1 Å². The molecule has 0 aliphatic carbocycles. The maximum absolute atomic E-state index is 13.1. The van der Waals surface area contributed by atoms with Crippen molar-refractivity contribution >= 4 is 44.5 Å². The zero-order chi connectivity index (χ0) is 35.5. The van der Waals surface area contributed by atoms with Crippen molar-refractivity contribution in [3.8, 4) is 0 Å². The maximum atomic E-state index is 13.1. The van der Waals surface area contributed by atoms with E-state index in [4.69, 9.17) is 35.6 Å². The highest BCUT2D eigenvalue weighted by atomic mass is 28.4. The number of rotatable bonds is 27. The third-order valence-electron chi connectivity index (χ3n) is 6.67. The summed E-state index contributed by atoms with van der Waals surface area (Å²) in [5.74, 6) is -1.70. The van der Waals surface area contributed by atoms with E-state index >= 15 is 0 Å². The van der Waals surface area contributed by atoms with Gasteiger partial charge in [-0.05, 0) is 65.7 Å². The second kappa shape index (κ2) is 26.4. The van der Waals surface area contributed by atoms with Gasteiger partial charge in [0.2, 0.25) is 17.7 Å². The van der Waals surface area contributed by atoms with Crippen molar-refractivity contribution in [1.82, 2.24) is 37.2 Å². The average Bonchev–Trinajstić information content (AvgIpc) is 3.01. The summed E-state index contributed by atoms with van der Waals surface area (Å²) in [5, 5.41) is 33.9. The van der Waals surface area contributed by atoms with Gasteiger partial charge in [0.05, 0.1) is 0 Å². The van der Waals surface area contributed by atoms with Gasteiger partial charge in [0.25, 0.3) is 0 Å². The molecule has 0 aromatic carbocycles. The van der Waals surface area contributed by atoms with Gasteiger partial charge in [-0.15, -0.1) is 0 Å². The number of nitrogens with one attached hydrogen (secondary N) is 9. The van der Waals surface area contributed by atoms with E-state index in [9.17, 15) is 19.2 Å². The fraction of sp³-hybridized carbons (Fsp3) is 0.786. The fourth-order valence-electron chi connectivity index (χ4n) is 4.41. The number of guanidine groups is 2. The van der Waals surface area contributed by atoms with Crippen molar-refractivity contribution < 1.29 is 32.5 Å². The minimum atomic E-state index is -2.76.